The summed E-state index contributed by atoms with van der Waals surface area (Å²) in [4.78, 5) is 14.2. The number of phenols is 2. The summed E-state index contributed by atoms with van der Waals surface area (Å²) in [5, 5.41) is 133. The molecule has 21 nitrogen and oxygen atoms in total. The number of ether oxygens (including phenoxy) is 6. The third-order valence-corrected chi connectivity index (χ3v) is 9.33. The van der Waals surface area contributed by atoms with E-state index in [2.05, 4.69) is 0 Å². The van der Waals surface area contributed by atoms with Gasteiger partial charge in [0.25, 0.3) is 0 Å². The third kappa shape index (κ3) is 7.45. The van der Waals surface area contributed by atoms with Gasteiger partial charge in [0.1, 0.15) is 95.4 Å². The molecule has 298 valence electrons. The number of aliphatic hydroxyl groups is 11. The van der Waals surface area contributed by atoms with Gasteiger partial charge in [-0.2, -0.15) is 0 Å². The lowest BCUT2D eigenvalue weighted by Gasteiger charge is -2.45. The average Bonchev–Trinajstić information content (AvgIpc) is 3.15. The first-order valence-corrected chi connectivity index (χ1v) is 16.5. The highest BCUT2D eigenvalue weighted by Crippen LogP contribution is 2.39. The van der Waals surface area contributed by atoms with Crippen molar-refractivity contribution in [1.82, 2.24) is 0 Å². The molecule has 1 aromatic heterocycles. The van der Waals surface area contributed by atoms with Crippen LogP contribution in [0.3, 0.4) is 0 Å². The van der Waals surface area contributed by atoms with E-state index in [-0.39, 0.29) is 22.6 Å². The van der Waals surface area contributed by atoms with E-state index in [9.17, 15) is 71.2 Å². The lowest BCUT2D eigenvalue weighted by atomic mass is 9.97. The van der Waals surface area contributed by atoms with Gasteiger partial charge in [-0.1, -0.05) is 0 Å². The summed E-state index contributed by atoms with van der Waals surface area (Å²) < 4.78 is 39.6. The van der Waals surface area contributed by atoms with Crippen molar-refractivity contribution < 1.29 is 99.2 Å². The van der Waals surface area contributed by atoms with E-state index in [1.807, 2.05) is 0 Å². The van der Waals surface area contributed by atoms with Crippen molar-refractivity contribution in [2.75, 3.05) is 19.8 Å². The van der Waals surface area contributed by atoms with Gasteiger partial charge >= 0.3 is 0 Å². The second-order valence-electron chi connectivity index (χ2n) is 12.9. The van der Waals surface area contributed by atoms with Gasteiger partial charge in [-0.15, -0.1) is 0 Å². The molecule has 21 heteroatoms. The molecule has 0 amide bonds. The number of rotatable bonds is 10. The lowest BCUT2D eigenvalue weighted by molar-refractivity contribution is -0.358. The molecule has 0 saturated carbocycles. The van der Waals surface area contributed by atoms with Crippen LogP contribution < -0.4 is 14.9 Å². The number of aliphatic hydroxyl groups excluding tert-OH is 11. The van der Waals surface area contributed by atoms with Crippen molar-refractivity contribution in [1.29, 1.82) is 0 Å². The van der Waals surface area contributed by atoms with Gasteiger partial charge in [-0.05, 0) is 24.3 Å². The Labute approximate surface area is 303 Å². The minimum Gasteiger partial charge on any atom is -0.508 e. The zero-order valence-electron chi connectivity index (χ0n) is 27.8. The molecule has 3 aromatic rings. The molecular weight excluding hydrogens is 732 g/mol. The van der Waals surface area contributed by atoms with Gasteiger partial charge in [-0.3, -0.25) is 4.79 Å². The van der Waals surface area contributed by atoms with Crippen molar-refractivity contribution in [3.8, 4) is 34.3 Å². The Balaban J connectivity index is 1.41. The Hall–Kier alpha value is -3.75. The average molecular weight is 773 g/mol. The summed E-state index contributed by atoms with van der Waals surface area (Å²) in [6, 6.07) is 7.07. The maximum Gasteiger partial charge on any atom is 0.239 e. The topological polar surface area (TPSA) is 349 Å². The Kier molecular flexibility index (Phi) is 11.9. The van der Waals surface area contributed by atoms with Crippen LogP contribution in [-0.2, 0) is 18.9 Å². The molecule has 15 atom stereocenters. The molecule has 0 radical (unpaired) electrons. The Bertz CT molecular complexity index is 1800. The zero-order valence-corrected chi connectivity index (χ0v) is 27.8. The number of aromatic hydroxyl groups is 2. The monoisotopic (exact) mass is 772 g/mol. The number of fused-ring (bicyclic) bond motifs is 1. The number of phenolic OH excluding ortho intramolecular Hbond substituents is 2. The molecule has 3 aliphatic heterocycles. The van der Waals surface area contributed by atoms with Crippen LogP contribution >= 0.6 is 0 Å². The number of hydrogen-bond acceptors (Lipinski definition) is 21. The zero-order chi connectivity index (χ0) is 39.2. The number of benzene rings is 2. The van der Waals surface area contributed by atoms with Crippen LogP contribution in [0, 0.1) is 0 Å². The van der Waals surface area contributed by atoms with E-state index in [4.69, 9.17) is 32.8 Å². The number of hydrogen-bond donors (Lipinski definition) is 13. The van der Waals surface area contributed by atoms with Crippen molar-refractivity contribution in [2.24, 2.45) is 0 Å². The van der Waals surface area contributed by atoms with Gasteiger partial charge in [0, 0.05) is 17.7 Å². The van der Waals surface area contributed by atoms with Crippen LogP contribution in [0.25, 0.3) is 22.3 Å². The predicted molar refractivity (Wildman–Crippen MR) is 173 cm³/mol. The molecule has 0 spiro atoms. The summed E-state index contributed by atoms with van der Waals surface area (Å²) in [6.07, 6.45) is -26.7. The van der Waals surface area contributed by atoms with Crippen molar-refractivity contribution in [2.45, 2.75) is 92.1 Å². The molecular formula is C33H40O21. The second kappa shape index (κ2) is 16.2. The highest BCUT2D eigenvalue weighted by molar-refractivity contribution is 5.88. The van der Waals surface area contributed by atoms with Gasteiger partial charge in [0.05, 0.1) is 19.8 Å². The molecule has 3 aliphatic rings. The summed E-state index contributed by atoms with van der Waals surface area (Å²) in [6.45, 7) is -2.48. The normalized spacial score (nSPS) is 37.3. The smallest absolute Gasteiger partial charge is 0.239 e. The van der Waals surface area contributed by atoms with Crippen LogP contribution in [0.2, 0.25) is 0 Å². The molecule has 54 heavy (non-hydrogen) atoms. The molecule has 6 rings (SSSR count). The first kappa shape index (κ1) is 39.9. The van der Waals surface area contributed by atoms with Crippen molar-refractivity contribution in [3.05, 3.63) is 46.6 Å². The maximum absolute atomic E-state index is 14.2. The minimum absolute atomic E-state index is 0.0723. The van der Waals surface area contributed by atoms with Gasteiger partial charge in [-0.25, -0.2) is 0 Å². The first-order valence-electron chi connectivity index (χ1n) is 16.5. The van der Waals surface area contributed by atoms with Crippen molar-refractivity contribution >= 4 is 11.0 Å². The molecule has 13 N–H and O–H groups in total. The van der Waals surface area contributed by atoms with Crippen LogP contribution in [-0.4, -0.2) is 178 Å². The van der Waals surface area contributed by atoms with Crippen LogP contribution in [0.4, 0.5) is 0 Å². The van der Waals surface area contributed by atoms with E-state index in [1.54, 1.807) is 0 Å². The highest BCUT2D eigenvalue weighted by Gasteiger charge is 2.52. The van der Waals surface area contributed by atoms with E-state index >= 15 is 0 Å². The lowest BCUT2D eigenvalue weighted by Crippen LogP contribution is -2.65. The quantitative estimate of drug-likeness (QED) is 0.0918. The maximum atomic E-state index is 14.2. The highest BCUT2D eigenvalue weighted by atomic mass is 16.8. The largest absolute Gasteiger partial charge is 0.508 e. The molecule has 3 fully saturated rings. The SMILES string of the molecule is O=c1c(O[C@@H]2O[C@@H](CO)[C@@H](O)[C@H](O)[C@H]2O[C@@H]2O[C@@H](CO)[C@@H](O)[C@H](O)[C@H]2O)c(-c2ccc(O)cc2)oc2cc(O[C@@H]3O[C@H](CO)[C@@H](O)[C@H](O)[C@H]3O)cc(O)c12. The molecule has 0 bridgehead atoms. The predicted octanol–water partition coefficient (Wildman–Crippen LogP) is -4.95. The first-order chi connectivity index (χ1) is 25.7. The van der Waals surface area contributed by atoms with E-state index in [0.29, 0.717) is 0 Å². The molecule has 4 heterocycles. The van der Waals surface area contributed by atoms with E-state index < -0.39 is 140 Å². The second-order valence-corrected chi connectivity index (χ2v) is 12.9. The Morgan fingerprint density at radius 2 is 1.11 bits per heavy atom. The van der Waals surface area contributed by atoms with Crippen LogP contribution in [0.5, 0.6) is 23.0 Å². The fourth-order valence-electron chi connectivity index (χ4n) is 6.28. The summed E-state index contributed by atoms with van der Waals surface area (Å²) in [7, 11) is 0. The fourth-order valence-corrected chi connectivity index (χ4v) is 6.28. The van der Waals surface area contributed by atoms with Gasteiger partial charge in [0.2, 0.25) is 23.8 Å². The Morgan fingerprint density at radius 1 is 0.593 bits per heavy atom. The standard InChI is InChI=1S/C33H40O21/c34-7-15-19(39)23(43)26(46)31(50-15)48-12-5-13(38)18-14(6-12)49-28(10-1-3-11(37)4-2-10)29(22(18)42)53-33-30(25(45)21(41)17(9-36)52-33)54-32-27(47)24(44)20(40)16(8-35)51-32/h1-6,15-17,19-21,23-27,30-41,43-47H,7-9H2/t15-,16+,17+,19-,20-,21-,23+,24+,25+,26-,27-,30-,31-,32+,33+/m1/s1. The van der Waals surface area contributed by atoms with Crippen LogP contribution in [0.15, 0.2) is 45.6 Å². The van der Waals surface area contributed by atoms with E-state index in [0.717, 1.165) is 12.1 Å². The third-order valence-electron chi connectivity index (χ3n) is 9.33. The Morgan fingerprint density at radius 3 is 1.69 bits per heavy atom. The fraction of sp³-hybridized carbons (Fsp3) is 0.545. The van der Waals surface area contributed by atoms with Crippen molar-refractivity contribution in [3.63, 3.8) is 0 Å². The summed E-state index contributed by atoms with van der Waals surface area (Å²) >= 11 is 0. The molecule has 0 aliphatic carbocycles. The van der Waals surface area contributed by atoms with Gasteiger partial charge in [0.15, 0.2) is 18.2 Å². The van der Waals surface area contributed by atoms with Crippen LogP contribution in [0.1, 0.15) is 0 Å². The molecule has 3 saturated heterocycles. The molecule has 0 unspecified atom stereocenters. The minimum atomic E-state index is -2.01. The molecule has 2 aromatic carbocycles. The summed E-state index contributed by atoms with van der Waals surface area (Å²) in [5.74, 6) is -2.38. The summed E-state index contributed by atoms with van der Waals surface area (Å²) in [5.41, 5.74) is -1.38. The van der Waals surface area contributed by atoms with Gasteiger partial charge < -0.3 is 99.2 Å². The van der Waals surface area contributed by atoms with E-state index in [1.165, 1.54) is 24.3 Å².